The van der Waals surface area contributed by atoms with Crippen molar-refractivity contribution in [1.29, 1.82) is 0 Å². The Morgan fingerprint density at radius 2 is 1.89 bits per heavy atom. The molecule has 0 bridgehead atoms. The number of anilines is 1. The van der Waals surface area contributed by atoms with E-state index in [2.05, 4.69) is 42.5 Å². The zero-order valence-corrected chi connectivity index (χ0v) is 24.1. The molecule has 1 amide bonds. The van der Waals surface area contributed by atoms with E-state index in [9.17, 15) is 4.79 Å². The molecule has 180 valence electrons. The fourth-order valence-electron chi connectivity index (χ4n) is 3.53. The molecule has 0 aliphatic carbocycles. The van der Waals surface area contributed by atoms with E-state index in [1.807, 2.05) is 55.5 Å². The second-order valence-electron chi connectivity index (χ2n) is 7.83. The molecule has 2 heterocycles. The first-order valence-electron chi connectivity index (χ1n) is 10.6. The molecule has 0 spiro atoms. The number of carbonyl (C=O) groups is 1. The van der Waals surface area contributed by atoms with Gasteiger partial charge in [-0.3, -0.25) is 10.1 Å². The number of hydrogen-bond acceptors (Lipinski definition) is 5. The highest BCUT2D eigenvalue weighted by molar-refractivity contribution is 9.11. The van der Waals surface area contributed by atoms with E-state index in [1.165, 1.54) is 0 Å². The maximum atomic E-state index is 12.8. The Bertz CT molecular complexity index is 1610. The fraction of sp³-hybridized carbons (Fsp3) is 0.0385. The van der Waals surface area contributed by atoms with Gasteiger partial charge in [-0.15, -0.1) is 11.3 Å². The summed E-state index contributed by atoms with van der Waals surface area (Å²) in [7, 11) is 0. The molecule has 0 aliphatic heterocycles. The minimum absolute atomic E-state index is 0.127. The largest absolute Gasteiger partial charge is 0.451 e. The predicted octanol–water partition coefficient (Wildman–Crippen LogP) is 8.84. The topological polar surface area (TPSA) is 67.2 Å². The van der Waals surface area contributed by atoms with Crippen molar-refractivity contribution in [3.8, 4) is 21.9 Å². The van der Waals surface area contributed by atoms with Gasteiger partial charge in [0.05, 0.1) is 15.9 Å². The molecule has 0 aliphatic rings. The van der Waals surface area contributed by atoms with Crippen LogP contribution in [0.5, 0.6) is 0 Å². The zero-order valence-electron chi connectivity index (χ0n) is 18.6. The van der Waals surface area contributed by atoms with Gasteiger partial charge in [0.1, 0.15) is 10.8 Å². The van der Waals surface area contributed by atoms with Crippen LogP contribution in [0.2, 0.25) is 5.02 Å². The lowest BCUT2D eigenvalue weighted by atomic mass is 10.1. The Balaban J connectivity index is 1.36. The van der Waals surface area contributed by atoms with Crippen LogP contribution in [0.25, 0.3) is 32.1 Å². The number of thiazole rings is 1. The molecule has 5 nitrogen and oxygen atoms in total. The van der Waals surface area contributed by atoms with E-state index in [-0.39, 0.29) is 10.9 Å². The molecule has 0 saturated carbocycles. The van der Waals surface area contributed by atoms with Crippen LogP contribution < -0.4 is 10.6 Å². The van der Waals surface area contributed by atoms with E-state index < -0.39 is 5.91 Å². The minimum Gasteiger partial charge on any atom is -0.451 e. The maximum absolute atomic E-state index is 12.8. The van der Waals surface area contributed by atoms with E-state index >= 15 is 0 Å². The summed E-state index contributed by atoms with van der Waals surface area (Å²) in [4.78, 5) is 17.6. The summed E-state index contributed by atoms with van der Waals surface area (Å²) in [6, 6.07) is 20.7. The summed E-state index contributed by atoms with van der Waals surface area (Å²) in [5.74, 6) is 0.202. The number of fused-ring (bicyclic) bond motifs is 1. The standard InChI is InChI=1S/C26H16Br2ClN3O2S2/c1-13-6-7-14(10-18(13)29)20-8-9-21(34-20)24(33)32-26(35)31-23-16(11-15(27)12-17(23)28)25-30-19-4-2-3-5-22(19)36-25/h2-12H,1H3,(H2,31,32,33,35). The lowest BCUT2D eigenvalue weighted by molar-refractivity contribution is 0.0951. The van der Waals surface area contributed by atoms with Crippen LogP contribution >= 0.6 is 67.0 Å². The van der Waals surface area contributed by atoms with Crippen LogP contribution in [-0.4, -0.2) is 16.0 Å². The Kier molecular flexibility index (Phi) is 7.28. The number of carbonyl (C=O) groups excluding carboxylic acids is 1. The van der Waals surface area contributed by atoms with Crippen LogP contribution in [0.4, 0.5) is 5.69 Å². The van der Waals surface area contributed by atoms with Gasteiger partial charge in [-0.05, 0) is 83.1 Å². The van der Waals surface area contributed by atoms with E-state index in [0.29, 0.717) is 16.5 Å². The van der Waals surface area contributed by atoms with Crippen LogP contribution in [0, 0.1) is 6.92 Å². The second kappa shape index (κ2) is 10.4. The van der Waals surface area contributed by atoms with Crippen molar-refractivity contribution < 1.29 is 9.21 Å². The quantitative estimate of drug-likeness (QED) is 0.189. The second-order valence-corrected chi connectivity index (χ2v) is 11.4. The third-order valence-electron chi connectivity index (χ3n) is 5.33. The third-order valence-corrected chi connectivity index (χ3v) is 8.10. The van der Waals surface area contributed by atoms with Gasteiger partial charge < -0.3 is 9.73 Å². The summed E-state index contributed by atoms with van der Waals surface area (Å²) in [5, 5.41) is 7.41. The summed E-state index contributed by atoms with van der Waals surface area (Å²) >= 11 is 20.4. The normalized spacial score (nSPS) is 11.0. The van der Waals surface area contributed by atoms with Gasteiger partial charge in [0.2, 0.25) is 0 Å². The number of amides is 1. The van der Waals surface area contributed by atoms with Crippen molar-refractivity contribution in [2.75, 3.05) is 5.32 Å². The SMILES string of the molecule is Cc1ccc(-c2ccc(C(=O)NC(=S)Nc3c(Br)cc(Br)cc3-c3nc4ccccc4s3)o2)cc1Cl. The molecule has 0 radical (unpaired) electrons. The summed E-state index contributed by atoms with van der Waals surface area (Å²) in [6.07, 6.45) is 0. The molecule has 0 saturated heterocycles. The number of thiocarbonyl (C=S) groups is 1. The van der Waals surface area contributed by atoms with Crippen molar-refractivity contribution in [2.24, 2.45) is 0 Å². The van der Waals surface area contributed by atoms with E-state index in [0.717, 1.165) is 40.9 Å². The number of aryl methyl sites for hydroxylation is 1. The minimum atomic E-state index is -0.466. The highest BCUT2D eigenvalue weighted by Crippen LogP contribution is 2.40. The summed E-state index contributed by atoms with van der Waals surface area (Å²) < 4.78 is 8.48. The number of aromatic nitrogens is 1. The lowest BCUT2D eigenvalue weighted by Gasteiger charge is -2.14. The zero-order chi connectivity index (χ0) is 25.4. The third kappa shape index (κ3) is 5.26. The van der Waals surface area contributed by atoms with Crippen molar-refractivity contribution in [3.05, 3.63) is 92.0 Å². The Labute approximate surface area is 238 Å². The van der Waals surface area contributed by atoms with Gasteiger partial charge in [-0.1, -0.05) is 51.8 Å². The number of halogens is 3. The van der Waals surface area contributed by atoms with Gasteiger partial charge in [0.25, 0.3) is 5.91 Å². The van der Waals surface area contributed by atoms with Crippen molar-refractivity contribution >= 4 is 93.9 Å². The van der Waals surface area contributed by atoms with Crippen molar-refractivity contribution in [1.82, 2.24) is 10.3 Å². The average molecular weight is 662 g/mol. The molecule has 2 aromatic heterocycles. The fourth-order valence-corrected chi connectivity index (χ4v) is 6.22. The van der Waals surface area contributed by atoms with Crippen LogP contribution in [-0.2, 0) is 0 Å². The molecule has 0 fully saturated rings. The number of benzene rings is 3. The number of nitrogens with zero attached hydrogens (tertiary/aromatic N) is 1. The predicted molar refractivity (Wildman–Crippen MR) is 158 cm³/mol. The molecule has 5 aromatic rings. The lowest BCUT2D eigenvalue weighted by Crippen LogP contribution is -2.34. The van der Waals surface area contributed by atoms with Crippen LogP contribution in [0.3, 0.4) is 0 Å². The van der Waals surface area contributed by atoms with Gasteiger partial charge >= 0.3 is 0 Å². The monoisotopic (exact) mass is 659 g/mol. The molecular weight excluding hydrogens is 646 g/mol. The Morgan fingerprint density at radius 3 is 2.67 bits per heavy atom. The highest BCUT2D eigenvalue weighted by Gasteiger charge is 2.18. The van der Waals surface area contributed by atoms with Gasteiger partial charge in [0.15, 0.2) is 10.9 Å². The first-order chi connectivity index (χ1) is 17.3. The molecule has 10 heteroatoms. The molecule has 36 heavy (non-hydrogen) atoms. The molecule has 5 rings (SSSR count). The van der Waals surface area contributed by atoms with E-state index in [4.69, 9.17) is 33.2 Å². The number of hydrogen-bond donors (Lipinski definition) is 2. The van der Waals surface area contributed by atoms with Crippen molar-refractivity contribution in [3.63, 3.8) is 0 Å². The van der Waals surface area contributed by atoms with Crippen LogP contribution in [0.1, 0.15) is 16.1 Å². The summed E-state index contributed by atoms with van der Waals surface area (Å²) in [6.45, 7) is 1.92. The molecule has 0 unspecified atom stereocenters. The van der Waals surface area contributed by atoms with Gasteiger partial charge in [0, 0.05) is 25.1 Å². The molecular formula is C26H16Br2ClN3O2S2. The Morgan fingerprint density at radius 1 is 1.08 bits per heavy atom. The molecule has 0 atom stereocenters. The molecule has 3 aromatic carbocycles. The Hall–Kier alpha value is -2.56. The van der Waals surface area contributed by atoms with Crippen LogP contribution in [0.15, 0.2) is 80.1 Å². The van der Waals surface area contributed by atoms with Crippen molar-refractivity contribution in [2.45, 2.75) is 6.92 Å². The summed E-state index contributed by atoms with van der Waals surface area (Å²) in [5.41, 5.74) is 4.19. The first kappa shape index (κ1) is 25.1. The maximum Gasteiger partial charge on any atom is 0.293 e. The highest BCUT2D eigenvalue weighted by atomic mass is 79.9. The number of nitrogens with one attached hydrogen (secondary N) is 2. The number of para-hydroxylation sites is 1. The average Bonchev–Trinajstić information content (AvgIpc) is 3.50. The first-order valence-corrected chi connectivity index (χ1v) is 13.8. The van der Waals surface area contributed by atoms with Gasteiger partial charge in [-0.2, -0.15) is 0 Å². The smallest absolute Gasteiger partial charge is 0.293 e. The van der Waals surface area contributed by atoms with Gasteiger partial charge in [-0.25, -0.2) is 4.98 Å². The van der Waals surface area contributed by atoms with E-state index in [1.54, 1.807) is 29.5 Å². The molecule has 2 N–H and O–H groups in total. The number of furan rings is 1. The number of rotatable bonds is 4.